The summed E-state index contributed by atoms with van der Waals surface area (Å²) in [5.41, 5.74) is 0.235. The summed E-state index contributed by atoms with van der Waals surface area (Å²) in [6.45, 7) is 1.74. The molecule has 2 rings (SSSR count). The Morgan fingerprint density at radius 2 is 2.19 bits per heavy atom. The lowest BCUT2D eigenvalue weighted by molar-refractivity contribution is 0.479. The van der Waals surface area contributed by atoms with E-state index in [-0.39, 0.29) is 21.5 Å². The number of sulfonamides is 1. The number of halogens is 1. The summed E-state index contributed by atoms with van der Waals surface area (Å²) < 4.78 is 32.2. The normalized spacial score (nSPS) is 12.8. The minimum absolute atomic E-state index is 0.0257. The minimum atomic E-state index is -3.70. The Hall–Kier alpha value is -1.81. The van der Waals surface area contributed by atoms with E-state index in [1.54, 1.807) is 19.1 Å². The van der Waals surface area contributed by atoms with Crippen LogP contribution in [0.4, 0.5) is 0 Å². The van der Waals surface area contributed by atoms with Gasteiger partial charge >= 0.3 is 0 Å². The fourth-order valence-corrected chi connectivity index (χ4v) is 3.42. The van der Waals surface area contributed by atoms with Crippen molar-refractivity contribution < 1.29 is 12.8 Å². The van der Waals surface area contributed by atoms with Crippen molar-refractivity contribution in [2.45, 2.75) is 24.3 Å². The molecule has 7 heteroatoms. The smallest absolute Gasteiger partial charge is 0.240 e. The maximum absolute atomic E-state index is 12.2. The number of hydrogen-bond acceptors (Lipinski definition) is 4. The topological polar surface area (TPSA) is 83.1 Å². The second-order valence-electron chi connectivity index (χ2n) is 4.56. The van der Waals surface area contributed by atoms with Gasteiger partial charge < -0.3 is 4.42 Å². The van der Waals surface area contributed by atoms with E-state index in [9.17, 15) is 8.42 Å². The van der Waals surface area contributed by atoms with E-state index in [1.165, 1.54) is 24.5 Å². The maximum Gasteiger partial charge on any atom is 0.240 e. The number of nitrogens with one attached hydrogen (secondary N) is 1. The Morgan fingerprint density at radius 1 is 1.43 bits per heavy atom. The van der Waals surface area contributed by atoms with Gasteiger partial charge in [-0.15, -0.1) is 0 Å². The summed E-state index contributed by atoms with van der Waals surface area (Å²) in [5.74, 6) is 0.697. The highest BCUT2D eigenvalue weighted by atomic mass is 35.5. The number of furan rings is 1. The van der Waals surface area contributed by atoms with Crippen LogP contribution in [0.1, 0.15) is 18.2 Å². The van der Waals surface area contributed by atoms with Crippen molar-refractivity contribution in [2.75, 3.05) is 0 Å². The molecule has 0 aliphatic heterocycles. The first-order valence-electron chi connectivity index (χ1n) is 6.17. The summed E-state index contributed by atoms with van der Waals surface area (Å²) in [7, 11) is -3.70. The van der Waals surface area contributed by atoms with Crippen LogP contribution in [-0.2, 0) is 16.4 Å². The van der Waals surface area contributed by atoms with Crippen molar-refractivity contribution >= 4 is 21.6 Å². The Bertz CT molecular complexity index is 764. The molecule has 1 atom stereocenters. The molecular weight excluding hydrogens is 312 g/mol. The molecule has 0 aliphatic carbocycles. The van der Waals surface area contributed by atoms with Gasteiger partial charge in [0.05, 0.1) is 21.7 Å². The van der Waals surface area contributed by atoms with Crippen LogP contribution < -0.4 is 4.72 Å². The number of benzene rings is 1. The standard InChI is InChI=1S/C14H13ClN2O3S/c1-10(7-12-3-2-6-20-12)17-21(18,19)13-5-4-11(9-16)14(15)8-13/h2-6,8,10,17H,7H2,1H3. The van der Waals surface area contributed by atoms with Gasteiger partial charge in [-0.1, -0.05) is 11.6 Å². The number of rotatable bonds is 5. The van der Waals surface area contributed by atoms with Crippen molar-refractivity contribution in [3.63, 3.8) is 0 Å². The van der Waals surface area contributed by atoms with Crippen molar-refractivity contribution in [1.82, 2.24) is 4.72 Å². The fourth-order valence-electron chi connectivity index (χ4n) is 1.86. The van der Waals surface area contributed by atoms with Crippen LogP contribution >= 0.6 is 11.6 Å². The van der Waals surface area contributed by atoms with Gasteiger partial charge in [0.1, 0.15) is 11.8 Å². The lowest BCUT2D eigenvalue weighted by Gasteiger charge is -2.13. The molecule has 0 spiro atoms. The van der Waals surface area contributed by atoms with Gasteiger partial charge in [0.2, 0.25) is 10.0 Å². The average Bonchev–Trinajstić information content (AvgIpc) is 2.90. The highest BCUT2D eigenvalue weighted by Crippen LogP contribution is 2.20. The first kappa shape index (κ1) is 15.6. The summed E-state index contributed by atoms with van der Waals surface area (Å²) in [6.07, 6.45) is 1.98. The molecule has 0 fully saturated rings. The van der Waals surface area contributed by atoms with Gasteiger partial charge in [-0.2, -0.15) is 5.26 Å². The van der Waals surface area contributed by atoms with Crippen LogP contribution in [0, 0.1) is 11.3 Å². The molecule has 1 aromatic heterocycles. The van der Waals surface area contributed by atoms with Crippen molar-refractivity contribution in [3.8, 4) is 6.07 Å². The molecule has 0 aliphatic rings. The van der Waals surface area contributed by atoms with Gasteiger partial charge in [-0.3, -0.25) is 0 Å². The summed E-state index contributed by atoms with van der Waals surface area (Å²) in [5, 5.41) is 8.90. The highest BCUT2D eigenvalue weighted by molar-refractivity contribution is 7.89. The van der Waals surface area contributed by atoms with Gasteiger partial charge in [0.15, 0.2) is 0 Å². The lowest BCUT2D eigenvalue weighted by Crippen LogP contribution is -2.34. The first-order chi connectivity index (χ1) is 9.92. The zero-order chi connectivity index (χ0) is 15.5. The molecule has 5 nitrogen and oxygen atoms in total. The van der Waals surface area contributed by atoms with Gasteiger partial charge in [0.25, 0.3) is 0 Å². The Labute approximate surface area is 128 Å². The zero-order valence-corrected chi connectivity index (χ0v) is 12.8. The number of nitriles is 1. The van der Waals surface area contributed by atoms with Crippen molar-refractivity contribution in [3.05, 3.63) is 52.9 Å². The monoisotopic (exact) mass is 324 g/mol. The largest absolute Gasteiger partial charge is 0.469 e. The average molecular weight is 325 g/mol. The predicted octanol–water partition coefficient (Wildman–Crippen LogP) is 2.71. The lowest BCUT2D eigenvalue weighted by atomic mass is 10.2. The summed E-state index contributed by atoms with van der Waals surface area (Å²) in [4.78, 5) is 0.0257. The molecule has 0 saturated heterocycles. The molecule has 2 aromatic rings. The fraction of sp³-hybridized carbons (Fsp3) is 0.214. The molecule has 0 amide bonds. The molecule has 1 heterocycles. The number of hydrogen-bond donors (Lipinski definition) is 1. The Kier molecular flexibility index (Phi) is 4.68. The predicted molar refractivity (Wildman–Crippen MR) is 78.4 cm³/mol. The molecule has 1 aromatic carbocycles. The third-order valence-electron chi connectivity index (χ3n) is 2.82. The van der Waals surface area contributed by atoms with E-state index in [0.29, 0.717) is 12.2 Å². The van der Waals surface area contributed by atoms with E-state index >= 15 is 0 Å². The molecule has 0 radical (unpaired) electrons. The second kappa shape index (κ2) is 6.31. The molecule has 0 saturated carbocycles. The van der Waals surface area contributed by atoms with E-state index in [0.717, 1.165) is 0 Å². The van der Waals surface area contributed by atoms with Gasteiger partial charge in [-0.25, -0.2) is 13.1 Å². The highest BCUT2D eigenvalue weighted by Gasteiger charge is 2.19. The van der Waals surface area contributed by atoms with E-state index in [4.69, 9.17) is 21.3 Å². The van der Waals surface area contributed by atoms with Crippen LogP contribution in [0.5, 0.6) is 0 Å². The maximum atomic E-state index is 12.2. The second-order valence-corrected chi connectivity index (χ2v) is 6.68. The van der Waals surface area contributed by atoms with Crippen LogP contribution in [-0.4, -0.2) is 14.5 Å². The van der Waals surface area contributed by atoms with Gasteiger partial charge in [0, 0.05) is 12.5 Å². The van der Waals surface area contributed by atoms with Crippen LogP contribution in [0.3, 0.4) is 0 Å². The Morgan fingerprint density at radius 3 is 2.76 bits per heavy atom. The van der Waals surface area contributed by atoms with Crippen LogP contribution in [0.25, 0.3) is 0 Å². The first-order valence-corrected chi connectivity index (χ1v) is 8.03. The molecule has 0 bridgehead atoms. The van der Waals surface area contributed by atoms with Crippen LogP contribution in [0.2, 0.25) is 5.02 Å². The minimum Gasteiger partial charge on any atom is -0.469 e. The SMILES string of the molecule is CC(Cc1ccco1)NS(=O)(=O)c1ccc(C#N)c(Cl)c1. The Balaban J connectivity index is 2.15. The summed E-state index contributed by atoms with van der Waals surface area (Å²) in [6, 6.07) is 9.08. The van der Waals surface area contributed by atoms with Crippen LogP contribution in [0.15, 0.2) is 45.9 Å². The summed E-state index contributed by atoms with van der Waals surface area (Å²) >= 11 is 5.86. The van der Waals surface area contributed by atoms with E-state index < -0.39 is 10.0 Å². The van der Waals surface area contributed by atoms with Crippen molar-refractivity contribution in [2.24, 2.45) is 0 Å². The van der Waals surface area contributed by atoms with E-state index in [2.05, 4.69) is 4.72 Å². The van der Waals surface area contributed by atoms with E-state index in [1.807, 2.05) is 6.07 Å². The third kappa shape index (κ3) is 3.85. The zero-order valence-electron chi connectivity index (χ0n) is 11.2. The molecule has 110 valence electrons. The third-order valence-corrected chi connectivity index (χ3v) is 4.72. The molecular formula is C14H13ClN2O3S. The van der Waals surface area contributed by atoms with Gasteiger partial charge in [-0.05, 0) is 37.3 Å². The molecule has 21 heavy (non-hydrogen) atoms. The number of nitrogens with zero attached hydrogens (tertiary/aromatic N) is 1. The quantitative estimate of drug-likeness (QED) is 0.916. The molecule has 1 N–H and O–H groups in total. The molecule has 1 unspecified atom stereocenters. The van der Waals surface area contributed by atoms with Crippen molar-refractivity contribution in [1.29, 1.82) is 5.26 Å².